The van der Waals surface area contributed by atoms with Gasteiger partial charge in [0, 0.05) is 36.7 Å². The van der Waals surface area contributed by atoms with Crippen molar-refractivity contribution < 1.29 is 4.79 Å². The summed E-state index contributed by atoms with van der Waals surface area (Å²) >= 11 is 6.29. The Balaban J connectivity index is 1.59. The Morgan fingerprint density at radius 2 is 2.08 bits per heavy atom. The number of nitrogens with one attached hydrogen (secondary N) is 2. The lowest BCUT2D eigenvalue weighted by molar-refractivity contribution is -0.119. The van der Waals surface area contributed by atoms with Crippen LogP contribution in [0.15, 0.2) is 12.3 Å². The molecule has 3 atom stereocenters. The Labute approximate surface area is 152 Å². The Morgan fingerprint density at radius 3 is 2.80 bits per heavy atom. The molecule has 0 unspecified atom stereocenters. The summed E-state index contributed by atoms with van der Waals surface area (Å²) in [4.78, 5) is 16.0. The third-order valence-electron chi connectivity index (χ3n) is 5.44. The second-order valence-electron chi connectivity index (χ2n) is 7.47. The van der Waals surface area contributed by atoms with Gasteiger partial charge in [-0.05, 0) is 38.0 Å². The lowest BCUT2D eigenvalue weighted by Gasteiger charge is -2.18. The van der Waals surface area contributed by atoms with E-state index in [0.717, 1.165) is 36.7 Å². The first-order valence-corrected chi connectivity index (χ1v) is 9.47. The highest BCUT2D eigenvalue weighted by molar-refractivity contribution is 6.33. The van der Waals surface area contributed by atoms with Gasteiger partial charge in [-0.2, -0.15) is 9.61 Å². The topological polar surface area (TPSA) is 71.3 Å². The van der Waals surface area contributed by atoms with Gasteiger partial charge in [0.2, 0.25) is 5.91 Å². The molecule has 2 aliphatic carbocycles. The first-order chi connectivity index (χ1) is 12.0. The van der Waals surface area contributed by atoms with E-state index < -0.39 is 0 Å². The van der Waals surface area contributed by atoms with Crippen LogP contribution in [0.1, 0.15) is 57.6 Å². The van der Waals surface area contributed by atoms with Crippen molar-refractivity contribution in [1.29, 1.82) is 0 Å². The van der Waals surface area contributed by atoms with E-state index in [2.05, 4.69) is 28.7 Å². The fourth-order valence-corrected chi connectivity index (χ4v) is 4.03. The standard InChI is InChI=1S/C18H24ClN5O/c1-10(12-3-4-12)16-8-17(24-18(23-16)15(19)9-20-24)22-14-6-5-13(7-14)21-11(2)25/h8-10,12-14,22H,3-7H2,1-2H3,(H,21,25)/t10-,13+,14+/m1/s1. The van der Waals surface area contributed by atoms with Crippen molar-refractivity contribution in [2.24, 2.45) is 5.92 Å². The van der Waals surface area contributed by atoms with Gasteiger partial charge in [0.1, 0.15) is 10.8 Å². The van der Waals surface area contributed by atoms with E-state index in [9.17, 15) is 4.79 Å². The minimum atomic E-state index is 0.0383. The minimum absolute atomic E-state index is 0.0383. The van der Waals surface area contributed by atoms with Gasteiger partial charge in [-0.3, -0.25) is 4.79 Å². The average Bonchev–Trinajstić information content (AvgIpc) is 3.23. The van der Waals surface area contributed by atoms with Crippen LogP contribution in [0.5, 0.6) is 0 Å². The molecule has 0 radical (unpaired) electrons. The lowest BCUT2D eigenvalue weighted by Crippen LogP contribution is -2.32. The van der Waals surface area contributed by atoms with Crippen LogP contribution in [0.4, 0.5) is 5.82 Å². The SMILES string of the molecule is CC(=O)N[C@H]1CC[C@H](Nc2cc([C@H](C)C3CC3)nc3c(Cl)cnn23)C1. The van der Waals surface area contributed by atoms with E-state index in [1.165, 1.54) is 12.8 Å². The third-order valence-corrected chi connectivity index (χ3v) is 5.70. The van der Waals surface area contributed by atoms with Crippen molar-refractivity contribution in [3.8, 4) is 0 Å². The lowest BCUT2D eigenvalue weighted by atomic mass is 10.0. The van der Waals surface area contributed by atoms with Crippen LogP contribution in [0.25, 0.3) is 5.65 Å². The van der Waals surface area contributed by atoms with Crippen LogP contribution in [-0.2, 0) is 4.79 Å². The van der Waals surface area contributed by atoms with Gasteiger partial charge in [0.25, 0.3) is 0 Å². The van der Waals surface area contributed by atoms with E-state index in [-0.39, 0.29) is 11.9 Å². The smallest absolute Gasteiger partial charge is 0.217 e. The first-order valence-electron chi connectivity index (χ1n) is 9.09. The molecule has 0 spiro atoms. The van der Waals surface area contributed by atoms with Crippen molar-refractivity contribution in [2.45, 2.75) is 64.0 Å². The van der Waals surface area contributed by atoms with Crippen LogP contribution < -0.4 is 10.6 Å². The minimum Gasteiger partial charge on any atom is -0.367 e. The van der Waals surface area contributed by atoms with Crippen LogP contribution in [-0.4, -0.2) is 32.6 Å². The predicted octanol–water partition coefficient (Wildman–Crippen LogP) is 3.37. The van der Waals surface area contributed by atoms with E-state index in [0.29, 0.717) is 22.6 Å². The van der Waals surface area contributed by atoms with Gasteiger partial charge in [0.15, 0.2) is 5.65 Å². The number of hydrogen-bond acceptors (Lipinski definition) is 4. The highest BCUT2D eigenvalue weighted by Crippen LogP contribution is 2.42. The number of halogens is 1. The fraction of sp³-hybridized carbons (Fsp3) is 0.611. The number of aromatic nitrogens is 3. The molecular weight excluding hydrogens is 338 g/mol. The van der Waals surface area contributed by atoms with Gasteiger partial charge >= 0.3 is 0 Å². The summed E-state index contributed by atoms with van der Waals surface area (Å²) in [5.41, 5.74) is 1.79. The quantitative estimate of drug-likeness (QED) is 0.856. The second kappa shape index (κ2) is 6.48. The predicted molar refractivity (Wildman–Crippen MR) is 98.0 cm³/mol. The molecule has 134 valence electrons. The normalized spacial score (nSPS) is 24.4. The van der Waals surface area contributed by atoms with Gasteiger partial charge in [-0.15, -0.1) is 0 Å². The number of amides is 1. The first kappa shape index (κ1) is 16.6. The molecule has 4 rings (SSSR count). The molecule has 0 bridgehead atoms. The molecule has 6 nitrogen and oxygen atoms in total. The monoisotopic (exact) mass is 361 g/mol. The van der Waals surface area contributed by atoms with Crippen molar-refractivity contribution in [1.82, 2.24) is 19.9 Å². The van der Waals surface area contributed by atoms with Crippen LogP contribution >= 0.6 is 11.6 Å². The number of carbonyl (C=O) groups excluding carboxylic acids is 1. The molecule has 0 aliphatic heterocycles. The molecule has 2 aromatic heterocycles. The number of nitrogens with zero attached hydrogens (tertiary/aromatic N) is 3. The number of hydrogen-bond donors (Lipinski definition) is 2. The molecular formula is C18H24ClN5O. The average molecular weight is 362 g/mol. The van der Waals surface area contributed by atoms with Crippen molar-refractivity contribution >= 4 is 29.0 Å². The van der Waals surface area contributed by atoms with E-state index in [1.807, 2.05) is 0 Å². The van der Waals surface area contributed by atoms with Gasteiger partial charge < -0.3 is 10.6 Å². The van der Waals surface area contributed by atoms with Crippen LogP contribution in [0.2, 0.25) is 5.02 Å². The largest absolute Gasteiger partial charge is 0.367 e. The summed E-state index contributed by atoms with van der Waals surface area (Å²) in [6.07, 6.45) is 7.16. The third kappa shape index (κ3) is 3.45. The summed E-state index contributed by atoms with van der Waals surface area (Å²) in [6.45, 7) is 3.82. The number of anilines is 1. The molecule has 2 fully saturated rings. The molecule has 2 aromatic rings. The molecule has 25 heavy (non-hydrogen) atoms. The van der Waals surface area contributed by atoms with E-state index in [1.54, 1.807) is 17.6 Å². The molecule has 2 aliphatic rings. The van der Waals surface area contributed by atoms with Gasteiger partial charge in [-0.25, -0.2) is 4.98 Å². The van der Waals surface area contributed by atoms with Crippen molar-refractivity contribution in [3.63, 3.8) is 0 Å². The molecule has 2 N–H and O–H groups in total. The Morgan fingerprint density at radius 1 is 1.32 bits per heavy atom. The maximum atomic E-state index is 11.3. The van der Waals surface area contributed by atoms with Crippen LogP contribution in [0, 0.1) is 5.92 Å². The zero-order chi connectivity index (χ0) is 17.6. The van der Waals surface area contributed by atoms with Crippen molar-refractivity contribution in [2.75, 3.05) is 5.32 Å². The maximum absolute atomic E-state index is 11.3. The summed E-state index contributed by atoms with van der Waals surface area (Å²) in [7, 11) is 0. The van der Waals surface area contributed by atoms with Crippen molar-refractivity contribution in [3.05, 3.63) is 23.0 Å². The zero-order valence-electron chi connectivity index (χ0n) is 14.6. The molecule has 2 saturated carbocycles. The number of carbonyl (C=O) groups is 1. The molecule has 2 heterocycles. The Hall–Kier alpha value is -1.82. The number of fused-ring (bicyclic) bond motifs is 1. The maximum Gasteiger partial charge on any atom is 0.217 e. The molecule has 0 aromatic carbocycles. The summed E-state index contributed by atoms with van der Waals surface area (Å²) < 4.78 is 1.79. The van der Waals surface area contributed by atoms with Gasteiger partial charge in [-0.1, -0.05) is 18.5 Å². The Bertz CT molecular complexity index is 800. The van der Waals surface area contributed by atoms with Crippen LogP contribution in [0.3, 0.4) is 0 Å². The highest BCUT2D eigenvalue weighted by atomic mass is 35.5. The molecule has 1 amide bonds. The zero-order valence-corrected chi connectivity index (χ0v) is 15.4. The summed E-state index contributed by atoms with van der Waals surface area (Å²) in [6, 6.07) is 2.68. The van der Waals surface area contributed by atoms with E-state index in [4.69, 9.17) is 16.6 Å². The fourth-order valence-electron chi connectivity index (χ4n) is 3.87. The van der Waals surface area contributed by atoms with Gasteiger partial charge in [0.05, 0.1) is 6.20 Å². The second-order valence-corrected chi connectivity index (χ2v) is 7.88. The van der Waals surface area contributed by atoms with E-state index >= 15 is 0 Å². The summed E-state index contributed by atoms with van der Waals surface area (Å²) in [5.74, 6) is 2.15. The molecule has 0 saturated heterocycles. The Kier molecular flexibility index (Phi) is 4.31. The molecule has 7 heteroatoms. The highest BCUT2D eigenvalue weighted by Gasteiger charge is 2.31. The number of rotatable bonds is 5. The summed E-state index contributed by atoms with van der Waals surface area (Å²) in [5, 5.41) is 11.6.